The van der Waals surface area contributed by atoms with Gasteiger partial charge in [-0.2, -0.15) is 0 Å². The van der Waals surface area contributed by atoms with Crippen molar-refractivity contribution in [2.75, 3.05) is 11.1 Å². The molecular weight excluding hydrogens is 335 g/mol. The fraction of sp³-hybridized carbons (Fsp3) is 0. The summed E-state index contributed by atoms with van der Waals surface area (Å²) in [4.78, 5) is 0. The smallest absolute Gasteiger partial charge is 0.0618 e. The highest BCUT2D eigenvalue weighted by Crippen LogP contribution is 2.27. The number of para-hydroxylation sites is 2. The molecule has 0 aliphatic carbocycles. The Kier molecular flexibility index (Phi) is 3.56. The van der Waals surface area contributed by atoms with Gasteiger partial charge in [0.25, 0.3) is 0 Å². The van der Waals surface area contributed by atoms with Gasteiger partial charge in [0.1, 0.15) is 0 Å². The first-order chi connectivity index (χ1) is 7.66. The highest BCUT2D eigenvalue weighted by atomic mass is 127. The van der Waals surface area contributed by atoms with Gasteiger partial charge in [-0.25, -0.2) is 0 Å². The lowest BCUT2D eigenvalue weighted by Gasteiger charge is -2.10. The molecule has 2 aromatic carbocycles. The van der Waals surface area contributed by atoms with Crippen LogP contribution in [-0.2, 0) is 0 Å². The average molecular weight is 345 g/mol. The van der Waals surface area contributed by atoms with Crippen molar-refractivity contribution in [2.45, 2.75) is 0 Å². The molecule has 0 saturated carbocycles. The lowest BCUT2D eigenvalue weighted by Crippen LogP contribution is -1.97. The molecule has 0 bridgehead atoms. The first kappa shape index (κ1) is 11.5. The monoisotopic (exact) mass is 344 g/mol. The van der Waals surface area contributed by atoms with Crippen LogP contribution in [0.3, 0.4) is 0 Å². The zero-order valence-corrected chi connectivity index (χ0v) is 11.3. The van der Waals surface area contributed by atoms with E-state index in [2.05, 4.69) is 27.9 Å². The van der Waals surface area contributed by atoms with E-state index in [-0.39, 0.29) is 0 Å². The third-order valence-corrected chi connectivity index (χ3v) is 3.29. The summed E-state index contributed by atoms with van der Waals surface area (Å²) in [7, 11) is 0. The SMILES string of the molecule is Nc1ccccc1Nc1ccc(Cl)cc1I. The molecular formula is C12H10ClIN2. The van der Waals surface area contributed by atoms with Gasteiger partial charge in [0.05, 0.1) is 17.1 Å². The van der Waals surface area contributed by atoms with Gasteiger partial charge in [-0.15, -0.1) is 0 Å². The van der Waals surface area contributed by atoms with Crippen molar-refractivity contribution in [1.29, 1.82) is 0 Å². The molecule has 0 aliphatic heterocycles. The molecule has 2 nitrogen and oxygen atoms in total. The number of halogens is 2. The highest BCUT2D eigenvalue weighted by molar-refractivity contribution is 14.1. The van der Waals surface area contributed by atoms with Crippen LogP contribution in [0, 0.1) is 3.57 Å². The third-order valence-electron chi connectivity index (χ3n) is 2.16. The number of rotatable bonds is 2. The maximum absolute atomic E-state index is 5.89. The second-order valence-corrected chi connectivity index (χ2v) is 4.94. The van der Waals surface area contributed by atoms with Crippen LogP contribution < -0.4 is 11.1 Å². The third kappa shape index (κ3) is 2.59. The second-order valence-electron chi connectivity index (χ2n) is 3.34. The maximum atomic E-state index is 5.89. The highest BCUT2D eigenvalue weighted by Gasteiger charge is 2.02. The van der Waals surface area contributed by atoms with Crippen molar-refractivity contribution < 1.29 is 0 Å². The Morgan fingerprint density at radius 1 is 1.06 bits per heavy atom. The molecule has 16 heavy (non-hydrogen) atoms. The van der Waals surface area contributed by atoms with Crippen molar-refractivity contribution in [3.63, 3.8) is 0 Å². The van der Waals surface area contributed by atoms with Crippen LogP contribution in [0.1, 0.15) is 0 Å². The number of hydrogen-bond acceptors (Lipinski definition) is 2. The minimum absolute atomic E-state index is 0.730. The molecule has 2 rings (SSSR count). The molecule has 0 heterocycles. The van der Waals surface area contributed by atoms with Crippen LogP contribution in [0.2, 0.25) is 5.02 Å². The number of nitrogens with two attached hydrogens (primary N) is 1. The van der Waals surface area contributed by atoms with E-state index < -0.39 is 0 Å². The Bertz CT molecular complexity index is 514. The number of anilines is 3. The second kappa shape index (κ2) is 4.93. The molecule has 0 unspecified atom stereocenters. The van der Waals surface area contributed by atoms with Crippen molar-refractivity contribution in [3.8, 4) is 0 Å². The standard InChI is InChI=1S/C12H10ClIN2/c13-8-5-6-11(9(14)7-8)16-12-4-2-1-3-10(12)15/h1-7,16H,15H2. The molecule has 4 heteroatoms. The average Bonchev–Trinajstić information content (AvgIpc) is 2.25. The Morgan fingerprint density at radius 2 is 1.81 bits per heavy atom. The van der Waals surface area contributed by atoms with Gasteiger partial charge in [-0.05, 0) is 52.9 Å². The molecule has 2 aromatic rings. The number of nitrogen functional groups attached to an aromatic ring is 1. The van der Waals surface area contributed by atoms with E-state index >= 15 is 0 Å². The van der Waals surface area contributed by atoms with Crippen molar-refractivity contribution in [1.82, 2.24) is 0 Å². The lowest BCUT2D eigenvalue weighted by molar-refractivity contribution is 1.52. The zero-order valence-electron chi connectivity index (χ0n) is 8.37. The molecule has 0 saturated heterocycles. The summed E-state index contributed by atoms with van der Waals surface area (Å²) < 4.78 is 1.06. The minimum atomic E-state index is 0.730. The summed E-state index contributed by atoms with van der Waals surface area (Å²) in [5.74, 6) is 0. The molecule has 0 radical (unpaired) electrons. The molecule has 0 aromatic heterocycles. The number of nitrogens with one attached hydrogen (secondary N) is 1. The van der Waals surface area contributed by atoms with Gasteiger partial charge in [0.2, 0.25) is 0 Å². The number of benzene rings is 2. The zero-order chi connectivity index (χ0) is 11.5. The van der Waals surface area contributed by atoms with E-state index in [9.17, 15) is 0 Å². The Morgan fingerprint density at radius 3 is 2.50 bits per heavy atom. The van der Waals surface area contributed by atoms with E-state index in [1.165, 1.54) is 0 Å². The fourth-order valence-corrected chi connectivity index (χ4v) is 2.35. The molecule has 0 spiro atoms. The van der Waals surface area contributed by atoms with Crippen molar-refractivity contribution in [3.05, 3.63) is 51.1 Å². The largest absolute Gasteiger partial charge is 0.397 e. The van der Waals surface area contributed by atoms with Crippen molar-refractivity contribution >= 4 is 51.3 Å². The predicted octanol–water partition coefficient (Wildman–Crippen LogP) is 4.27. The van der Waals surface area contributed by atoms with Crippen LogP contribution in [0.4, 0.5) is 17.1 Å². The van der Waals surface area contributed by atoms with Crippen molar-refractivity contribution in [2.24, 2.45) is 0 Å². The first-order valence-electron chi connectivity index (χ1n) is 4.73. The molecule has 0 aliphatic rings. The summed E-state index contributed by atoms with van der Waals surface area (Å²) in [6, 6.07) is 13.4. The van der Waals surface area contributed by atoms with E-state index in [1.807, 2.05) is 42.5 Å². The van der Waals surface area contributed by atoms with Crippen LogP contribution in [-0.4, -0.2) is 0 Å². The van der Waals surface area contributed by atoms with E-state index in [1.54, 1.807) is 0 Å². The molecule has 0 amide bonds. The summed E-state index contributed by atoms with van der Waals surface area (Å²) in [5, 5.41) is 4.01. The lowest BCUT2D eigenvalue weighted by atomic mass is 10.2. The Hall–Kier alpha value is -0.940. The molecule has 0 fully saturated rings. The van der Waals surface area contributed by atoms with E-state index in [0.29, 0.717) is 0 Å². The molecule has 0 atom stereocenters. The predicted molar refractivity (Wildman–Crippen MR) is 78.3 cm³/mol. The quantitative estimate of drug-likeness (QED) is 0.631. The van der Waals surface area contributed by atoms with Gasteiger partial charge in [-0.3, -0.25) is 0 Å². The van der Waals surface area contributed by atoms with E-state index in [4.69, 9.17) is 17.3 Å². The Labute approximate surface area is 113 Å². The van der Waals surface area contributed by atoms with Gasteiger partial charge >= 0.3 is 0 Å². The summed E-state index contributed by atoms with van der Waals surface area (Å²) in [6.07, 6.45) is 0. The first-order valence-corrected chi connectivity index (χ1v) is 6.19. The Balaban J connectivity index is 2.31. The topological polar surface area (TPSA) is 38.0 Å². The minimum Gasteiger partial charge on any atom is -0.397 e. The molecule has 82 valence electrons. The van der Waals surface area contributed by atoms with Crippen LogP contribution >= 0.6 is 34.2 Å². The number of hydrogen-bond donors (Lipinski definition) is 2. The van der Waals surface area contributed by atoms with Crippen LogP contribution in [0.25, 0.3) is 0 Å². The van der Waals surface area contributed by atoms with Crippen LogP contribution in [0.15, 0.2) is 42.5 Å². The van der Waals surface area contributed by atoms with Gasteiger partial charge < -0.3 is 11.1 Å². The van der Waals surface area contributed by atoms with Gasteiger partial charge in [0, 0.05) is 8.59 Å². The fourth-order valence-electron chi connectivity index (χ4n) is 1.35. The summed E-state index contributed by atoms with van der Waals surface area (Å²) in [5.41, 5.74) is 8.50. The van der Waals surface area contributed by atoms with Gasteiger partial charge in [-0.1, -0.05) is 23.7 Å². The van der Waals surface area contributed by atoms with Crippen LogP contribution in [0.5, 0.6) is 0 Å². The van der Waals surface area contributed by atoms with E-state index in [0.717, 1.165) is 25.7 Å². The summed E-state index contributed by atoms with van der Waals surface area (Å²) in [6.45, 7) is 0. The normalized spacial score (nSPS) is 10.1. The van der Waals surface area contributed by atoms with Gasteiger partial charge in [0.15, 0.2) is 0 Å². The summed E-state index contributed by atoms with van der Waals surface area (Å²) >= 11 is 8.13. The molecule has 3 N–H and O–H groups in total. The maximum Gasteiger partial charge on any atom is 0.0618 e.